The minimum atomic E-state index is -0.708. The van der Waals surface area contributed by atoms with Gasteiger partial charge >= 0.3 is 0 Å². The summed E-state index contributed by atoms with van der Waals surface area (Å²) in [6.45, 7) is 5.97. The molecule has 2 aromatic carbocycles. The molecule has 168 valence electrons. The molecule has 2 aliphatic rings. The molecule has 1 N–H and O–H groups in total. The van der Waals surface area contributed by atoms with Gasteiger partial charge in [-0.05, 0) is 69.4 Å². The summed E-state index contributed by atoms with van der Waals surface area (Å²) >= 11 is 0. The quantitative estimate of drug-likeness (QED) is 0.643. The van der Waals surface area contributed by atoms with Crippen molar-refractivity contribution in [3.05, 3.63) is 53.1 Å². The molecule has 1 aliphatic heterocycles. The number of hydrogen-bond donors (Lipinski definition) is 1. The smallest absolute Gasteiger partial charge is 0.265 e. The van der Waals surface area contributed by atoms with Gasteiger partial charge in [-0.3, -0.25) is 19.3 Å². The highest BCUT2D eigenvalue weighted by Crippen LogP contribution is 2.35. The molecule has 0 spiro atoms. The summed E-state index contributed by atoms with van der Waals surface area (Å²) in [7, 11) is 0. The molecule has 0 radical (unpaired) electrons. The molecular weight excluding hydrogens is 408 g/mol. The number of amides is 2. The Bertz CT molecular complexity index is 1060. The lowest BCUT2D eigenvalue weighted by Gasteiger charge is -2.33. The third kappa shape index (κ3) is 4.77. The molecule has 1 saturated carbocycles. The third-order valence-corrected chi connectivity index (χ3v) is 5.88. The Morgan fingerprint density at radius 1 is 1.19 bits per heavy atom. The van der Waals surface area contributed by atoms with E-state index in [2.05, 4.69) is 5.32 Å². The van der Waals surface area contributed by atoms with E-state index in [4.69, 9.17) is 9.47 Å². The number of carbonyl (C=O) groups excluding carboxylic acids is 3. The molecule has 1 aliphatic carbocycles. The van der Waals surface area contributed by atoms with Crippen LogP contribution in [0.3, 0.4) is 0 Å². The first-order valence-electron chi connectivity index (χ1n) is 10.9. The maximum Gasteiger partial charge on any atom is 0.265 e. The van der Waals surface area contributed by atoms with Crippen molar-refractivity contribution in [1.82, 2.24) is 5.32 Å². The third-order valence-electron chi connectivity index (χ3n) is 5.88. The molecule has 0 aromatic heterocycles. The van der Waals surface area contributed by atoms with E-state index in [9.17, 15) is 14.4 Å². The largest absolute Gasteiger partial charge is 0.485 e. The number of anilines is 1. The maximum atomic E-state index is 12.8. The molecule has 7 nitrogen and oxygen atoms in total. The van der Waals surface area contributed by atoms with Gasteiger partial charge in [0, 0.05) is 12.1 Å². The van der Waals surface area contributed by atoms with Gasteiger partial charge in [-0.15, -0.1) is 0 Å². The number of ketones is 1. The Morgan fingerprint density at radius 2 is 1.97 bits per heavy atom. The predicted molar refractivity (Wildman–Crippen MR) is 120 cm³/mol. The molecule has 0 bridgehead atoms. The Labute approximate surface area is 187 Å². The van der Waals surface area contributed by atoms with Crippen LogP contribution in [0.25, 0.3) is 0 Å². The van der Waals surface area contributed by atoms with E-state index < -0.39 is 6.04 Å². The molecule has 2 aromatic rings. The zero-order chi connectivity index (χ0) is 22.8. The van der Waals surface area contributed by atoms with Gasteiger partial charge in [-0.25, -0.2) is 0 Å². The van der Waals surface area contributed by atoms with Crippen LogP contribution < -0.4 is 19.7 Å². The van der Waals surface area contributed by atoms with Crippen molar-refractivity contribution in [2.24, 2.45) is 5.92 Å². The van der Waals surface area contributed by atoms with Crippen LogP contribution in [0.1, 0.15) is 41.3 Å². The lowest BCUT2D eigenvalue weighted by atomic mass is 10.1. The van der Waals surface area contributed by atoms with E-state index in [1.165, 1.54) is 4.90 Å². The standard InChI is InChI=1S/C25H28N2O5/c1-15-4-8-22(16(2)10-15)31-13-21(28)19-7-9-23-20(11-19)27(24(29)14-32-23)17(3)25(30)26-12-18-5-6-18/h4,7-11,17-18H,5-6,12-14H2,1-3H3,(H,26,30)/t17-/m0/s1. The van der Waals surface area contributed by atoms with E-state index in [0.29, 0.717) is 35.2 Å². The fraction of sp³-hybridized carbons (Fsp3) is 0.400. The second kappa shape index (κ2) is 9.02. The lowest BCUT2D eigenvalue weighted by molar-refractivity contribution is -0.127. The van der Waals surface area contributed by atoms with Crippen LogP contribution in [0.5, 0.6) is 11.5 Å². The summed E-state index contributed by atoms with van der Waals surface area (Å²) in [5, 5.41) is 2.92. The minimum absolute atomic E-state index is 0.130. The van der Waals surface area contributed by atoms with Gasteiger partial charge in [-0.2, -0.15) is 0 Å². The molecule has 4 rings (SSSR count). The molecule has 32 heavy (non-hydrogen) atoms. The number of Topliss-reactive ketones (excluding diaryl/α,β-unsaturated/α-hetero) is 1. The van der Waals surface area contributed by atoms with Gasteiger partial charge in [0.1, 0.15) is 17.5 Å². The van der Waals surface area contributed by atoms with Gasteiger partial charge in [0.25, 0.3) is 5.91 Å². The average molecular weight is 437 g/mol. The SMILES string of the molecule is Cc1ccc(OCC(=O)c2ccc3c(c2)N([C@@H](C)C(=O)NCC2CC2)C(=O)CO3)c(C)c1. The molecule has 1 fully saturated rings. The first kappa shape index (κ1) is 21.9. The first-order chi connectivity index (χ1) is 15.3. The van der Waals surface area contributed by atoms with Crippen LogP contribution in [0, 0.1) is 19.8 Å². The van der Waals surface area contributed by atoms with Crippen molar-refractivity contribution in [1.29, 1.82) is 0 Å². The predicted octanol–water partition coefficient (Wildman–Crippen LogP) is 3.21. The molecule has 1 heterocycles. The molecule has 0 unspecified atom stereocenters. The van der Waals surface area contributed by atoms with Crippen molar-refractivity contribution in [3.8, 4) is 11.5 Å². The van der Waals surface area contributed by atoms with Gasteiger partial charge in [0.2, 0.25) is 5.91 Å². The van der Waals surface area contributed by atoms with Crippen LogP contribution in [-0.2, 0) is 9.59 Å². The minimum Gasteiger partial charge on any atom is -0.485 e. The number of rotatable bonds is 8. The monoisotopic (exact) mass is 436 g/mol. The second-order valence-corrected chi connectivity index (χ2v) is 8.58. The van der Waals surface area contributed by atoms with E-state index in [-0.39, 0.29) is 30.8 Å². The molecule has 1 atom stereocenters. The number of carbonyl (C=O) groups is 3. The Balaban J connectivity index is 1.50. The van der Waals surface area contributed by atoms with Crippen LogP contribution in [0.15, 0.2) is 36.4 Å². The zero-order valence-corrected chi connectivity index (χ0v) is 18.6. The van der Waals surface area contributed by atoms with E-state index >= 15 is 0 Å². The molecular formula is C25H28N2O5. The normalized spacial score (nSPS) is 16.1. The Morgan fingerprint density at radius 3 is 2.69 bits per heavy atom. The summed E-state index contributed by atoms with van der Waals surface area (Å²) in [6.07, 6.45) is 2.26. The summed E-state index contributed by atoms with van der Waals surface area (Å²) < 4.78 is 11.3. The fourth-order valence-electron chi connectivity index (χ4n) is 3.79. The van der Waals surface area contributed by atoms with Crippen LogP contribution >= 0.6 is 0 Å². The van der Waals surface area contributed by atoms with Crippen molar-refractivity contribution < 1.29 is 23.9 Å². The van der Waals surface area contributed by atoms with Crippen LogP contribution in [0.4, 0.5) is 5.69 Å². The van der Waals surface area contributed by atoms with Crippen molar-refractivity contribution in [2.75, 3.05) is 24.7 Å². The summed E-state index contributed by atoms with van der Waals surface area (Å²) in [6, 6.07) is 9.98. The van der Waals surface area contributed by atoms with E-state index in [1.807, 2.05) is 32.0 Å². The highest BCUT2D eigenvalue weighted by atomic mass is 16.5. The zero-order valence-electron chi connectivity index (χ0n) is 18.6. The van der Waals surface area contributed by atoms with Crippen molar-refractivity contribution in [3.63, 3.8) is 0 Å². The Hall–Kier alpha value is -3.35. The van der Waals surface area contributed by atoms with E-state index in [0.717, 1.165) is 24.0 Å². The lowest BCUT2D eigenvalue weighted by Crippen LogP contribution is -2.51. The summed E-state index contributed by atoms with van der Waals surface area (Å²) in [5.41, 5.74) is 2.89. The fourth-order valence-corrected chi connectivity index (χ4v) is 3.79. The van der Waals surface area contributed by atoms with Gasteiger partial charge in [-0.1, -0.05) is 17.7 Å². The van der Waals surface area contributed by atoms with E-state index in [1.54, 1.807) is 25.1 Å². The number of ether oxygens (including phenoxy) is 2. The van der Waals surface area contributed by atoms with Gasteiger partial charge in [0.15, 0.2) is 19.0 Å². The highest BCUT2D eigenvalue weighted by Gasteiger charge is 2.34. The van der Waals surface area contributed by atoms with Gasteiger partial charge < -0.3 is 14.8 Å². The molecule has 0 saturated heterocycles. The number of benzene rings is 2. The number of hydrogen-bond acceptors (Lipinski definition) is 5. The van der Waals surface area contributed by atoms with Crippen molar-refractivity contribution in [2.45, 2.75) is 39.7 Å². The maximum absolute atomic E-state index is 12.8. The first-order valence-corrected chi connectivity index (χ1v) is 10.9. The number of fused-ring (bicyclic) bond motifs is 1. The topological polar surface area (TPSA) is 84.9 Å². The number of nitrogens with one attached hydrogen (secondary N) is 1. The highest BCUT2D eigenvalue weighted by molar-refractivity contribution is 6.05. The van der Waals surface area contributed by atoms with Gasteiger partial charge in [0.05, 0.1) is 5.69 Å². The second-order valence-electron chi connectivity index (χ2n) is 8.58. The Kier molecular flexibility index (Phi) is 6.17. The number of nitrogens with zero attached hydrogens (tertiary/aromatic N) is 1. The van der Waals surface area contributed by atoms with Crippen LogP contribution in [-0.4, -0.2) is 43.4 Å². The average Bonchev–Trinajstić information content (AvgIpc) is 3.60. The molecule has 7 heteroatoms. The van der Waals surface area contributed by atoms with Crippen LogP contribution in [0.2, 0.25) is 0 Å². The number of aryl methyl sites for hydroxylation is 2. The summed E-state index contributed by atoms with van der Waals surface area (Å²) in [5.74, 6) is 0.911. The van der Waals surface area contributed by atoms with Crippen molar-refractivity contribution >= 4 is 23.3 Å². The molecule has 2 amide bonds. The summed E-state index contributed by atoms with van der Waals surface area (Å²) in [4.78, 5) is 39.5.